The van der Waals surface area contributed by atoms with Gasteiger partial charge in [-0.3, -0.25) is 4.79 Å². The molecule has 3 aromatic rings. The zero-order valence-corrected chi connectivity index (χ0v) is 29.0. The van der Waals surface area contributed by atoms with Gasteiger partial charge in [0.2, 0.25) is 15.9 Å². The average molecular weight is 761 g/mol. The zero-order valence-electron chi connectivity index (χ0n) is 25.9. The lowest BCUT2D eigenvalue weighted by Crippen LogP contribution is -2.40. The zero-order chi connectivity index (χ0) is 34.0. The molecule has 0 bridgehead atoms. The van der Waals surface area contributed by atoms with E-state index in [0.29, 0.717) is 48.1 Å². The summed E-state index contributed by atoms with van der Waals surface area (Å²) in [7, 11) is -4.14. The smallest absolute Gasteiger partial charge is 0.387 e. The van der Waals surface area contributed by atoms with Crippen molar-refractivity contribution in [2.45, 2.75) is 55.1 Å². The first-order valence-corrected chi connectivity index (χ1v) is 18.6. The fourth-order valence-electron chi connectivity index (χ4n) is 5.55. The van der Waals surface area contributed by atoms with Gasteiger partial charge < -0.3 is 24.6 Å². The van der Waals surface area contributed by atoms with Gasteiger partial charge in [0, 0.05) is 42.9 Å². The number of hydrogen-bond acceptors (Lipinski definition) is 9. The Bertz CT molecular complexity index is 1760. The van der Waals surface area contributed by atoms with Crippen LogP contribution in [-0.2, 0) is 30.8 Å². The minimum atomic E-state index is -4.14. The number of rotatable bonds is 13. The van der Waals surface area contributed by atoms with E-state index in [4.69, 9.17) is 32.7 Å². The van der Waals surface area contributed by atoms with Crippen LogP contribution < -0.4 is 19.4 Å². The largest absolute Gasteiger partial charge is 0.870 e. The van der Waals surface area contributed by atoms with Crippen molar-refractivity contribution in [2.24, 2.45) is 5.92 Å². The number of hydrogen-bond donors (Lipinski definition) is 0. The summed E-state index contributed by atoms with van der Waals surface area (Å²) in [5.41, 5.74) is 1.43. The SMILES string of the molecule is O=C(O[C@@H](Cc1c(Cl)c[nH+]cc1Cl)c1ccc(OC(F)F)c(OCC2CC2)c1)[C@@H]1SCCN1S(=O)(=O)c1ccc(N2CCCC2=O)cc1.[OH-]. The maximum Gasteiger partial charge on any atom is 0.387 e. The van der Waals surface area contributed by atoms with Gasteiger partial charge in [0.15, 0.2) is 29.3 Å². The molecule has 2 atom stereocenters. The highest BCUT2D eigenvalue weighted by Crippen LogP contribution is 2.39. The molecule has 0 radical (unpaired) electrons. The Labute approximate surface area is 296 Å². The van der Waals surface area contributed by atoms with Gasteiger partial charge in [0.1, 0.15) is 16.1 Å². The first-order chi connectivity index (χ1) is 23.0. The molecule has 6 rings (SSSR count). The molecule has 1 aliphatic carbocycles. The molecule has 17 heteroatoms. The van der Waals surface area contributed by atoms with Crippen LogP contribution in [0.15, 0.2) is 59.8 Å². The number of aromatic amines is 1. The number of nitrogens with one attached hydrogen (secondary N) is 1. The minimum absolute atomic E-state index is 0. The van der Waals surface area contributed by atoms with Crippen LogP contribution in [0.3, 0.4) is 0 Å². The van der Waals surface area contributed by atoms with Gasteiger partial charge in [-0.05, 0) is 67.1 Å². The molecule has 0 spiro atoms. The second-order valence-electron chi connectivity index (χ2n) is 11.6. The highest BCUT2D eigenvalue weighted by atomic mass is 35.5. The molecule has 3 heterocycles. The number of thioether (sulfide) groups is 1. The van der Waals surface area contributed by atoms with Gasteiger partial charge in [-0.1, -0.05) is 29.3 Å². The topological polar surface area (TPSA) is 147 Å². The van der Waals surface area contributed by atoms with E-state index in [2.05, 4.69) is 9.72 Å². The van der Waals surface area contributed by atoms with Crippen LogP contribution in [0.2, 0.25) is 10.0 Å². The maximum atomic E-state index is 13.8. The summed E-state index contributed by atoms with van der Waals surface area (Å²) in [6.07, 6.45) is 5.05. The van der Waals surface area contributed by atoms with Gasteiger partial charge in [-0.15, -0.1) is 11.8 Å². The molecule has 1 aromatic heterocycles. The molecule has 2 aliphatic heterocycles. The van der Waals surface area contributed by atoms with Crippen LogP contribution >= 0.6 is 35.0 Å². The number of benzene rings is 2. The molecule has 264 valence electrons. The number of H-pyrrole nitrogens is 1. The van der Waals surface area contributed by atoms with E-state index in [0.717, 1.165) is 35.3 Å². The number of esters is 1. The lowest BCUT2D eigenvalue weighted by atomic mass is 10.0. The van der Waals surface area contributed by atoms with Crippen molar-refractivity contribution in [3.8, 4) is 11.5 Å². The molecule has 49 heavy (non-hydrogen) atoms. The van der Waals surface area contributed by atoms with E-state index in [9.17, 15) is 26.8 Å². The number of halogens is 4. The third kappa shape index (κ3) is 8.58. The number of pyridine rings is 1. The van der Waals surface area contributed by atoms with Crippen LogP contribution in [0.4, 0.5) is 14.5 Å². The molecule has 1 saturated carbocycles. The monoisotopic (exact) mass is 759 g/mol. The molecule has 3 aliphatic rings. The van der Waals surface area contributed by atoms with Crippen molar-refractivity contribution in [3.63, 3.8) is 0 Å². The summed E-state index contributed by atoms with van der Waals surface area (Å²) in [6.45, 7) is -2.15. The Morgan fingerprint density at radius 1 is 1.04 bits per heavy atom. The fourth-order valence-corrected chi connectivity index (χ4v) is 9.13. The molecular formula is C32H33Cl2F2N3O8S2. The van der Waals surface area contributed by atoms with E-state index in [1.165, 1.54) is 42.7 Å². The predicted molar refractivity (Wildman–Crippen MR) is 177 cm³/mol. The van der Waals surface area contributed by atoms with Gasteiger partial charge in [0.25, 0.3) is 0 Å². The minimum Gasteiger partial charge on any atom is -0.870 e. The van der Waals surface area contributed by atoms with Crippen LogP contribution in [0.25, 0.3) is 0 Å². The lowest BCUT2D eigenvalue weighted by molar-refractivity contribution is -0.377. The quantitative estimate of drug-likeness (QED) is 0.199. The van der Waals surface area contributed by atoms with E-state index in [1.807, 2.05) is 0 Å². The van der Waals surface area contributed by atoms with E-state index >= 15 is 0 Å². The third-order valence-electron chi connectivity index (χ3n) is 8.25. The van der Waals surface area contributed by atoms with Crippen LogP contribution in [0.5, 0.6) is 11.5 Å². The summed E-state index contributed by atoms with van der Waals surface area (Å²) < 4.78 is 71.6. The standard InChI is InChI=1S/C32H31Cl2F2N3O7S2.H2O/c33-24-16-37-17-25(34)23(24)15-27(20-5-10-26(46-32(35)36)28(14-20)44-18-19-3-4-19)45-31(41)30-39(12-13-47-30)48(42,43)22-8-6-21(7-9-22)38-11-1-2-29(38)40;/h5-10,14,16-17,19,27,30,32H,1-4,11-13,15,18H2;1H2/t27-,30-;/m0./s1. The Kier molecular flexibility index (Phi) is 11.9. The van der Waals surface area contributed by atoms with Crippen LogP contribution in [-0.4, -0.2) is 67.5 Å². The third-order valence-corrected chi connectivity index (χ3v) is 12.1. The van der Waals surface area contributed by atoms with Crippen molar-refractivity contribution in [3.05, 3.63) is 76.0 Å². The van der Waals surface area contributed by atoms with Gasteiger partial charge >= 0.3 is 12.6 Å². The van der Waals surface area contributed by atoms with E-state index < -0.39 is 34.1 Å². The number of ether oxygens (including phenoxy) is 3. The summed E-state index contributed by atoms with van der Waals surface area (Å²) >= 11 is 14.0. The molecular weight excluding hydrogens is 727 g/mol. The number of amides is 1. The number of aromatic nitrogens is 1. The fraction of sp³-hybridized carbons (Fsp3) is 0.406. The number of carbonyl (C=O) groups excluding carboxylic acids is 2. The number of sulfonamides is 1. The first-order valence-electron chi connectivity index (χ1n) is 15.3. The molecule has 0 unspecified atom stereocenters. The second kappa shape index (κ2) is 15.8. The summed E-state index contributed by atoms with van der Waals surface area (Å²) in [5, 5.41) is -0.672. The molecule has 2 aromatic carbocycles. The number of anilines is 1. The molecule has 2 N–H and O–H groups in total. The number of alkyl halides is 2. The summed E-state index contributed by atoms with van der Waals surface area (Å²) in [6, 6.07) is 10.3. The van der Waals surface area contributed by atoms with E-state index in [-0.39, 0.29) is 50.8 Å². The van der Waals surface area contributed by atoms with Crippen LogP contribution in [0.1, 0.15) is 42.9 Å². The molecule has 1 amide bonds. The first kappa shape index (κ1) is 37.1. The van der Waals surface area contributed by atoms with Crippen LogP contribution in [0, 0.1) is 5.92 Å². The Balaban J connectivity index is 0.00000468. The highest BCUT2D eigenvalue weighted by Gasteiger charge is 2.42. The van der Waals surface area contributed by atoms with Crippen molar-refractivity contribution >= 4 is 62.6 Å². The van der Waals surface area contributed by atoms with Crippen molar-refractivity contribution in [1.82, 2.24) is 4.31 Å². The van der Waals surface area contributed by atoms with Crippen molar-refractivity contribution < 1.29 is 51.5 Å². The second-order valence-corrected chi connectivity index (χ2v) is 15.5. The van der Waals surface area contributed by atoms with Crippen molar-refractivity contribution in [2.75, 3.05) is 30.3 Å². The maximum absolute atomic E-state index is 13.8. The van der Waals surface area contributed by atoms with E-state index in [1.54, 1.807) is 17.0 Å². The van der Waals surface area contributed by atoms with Gasteiger partial charge in [-0.2, -0.15) is 13.1 Å². The van der Waals surface area contributed by atoms with Crippen molar-refractivity contribution in [1.29, 1.82) is 0 Å². The average Bonchev–Trinajstić information content (AvgIpc) is 3.55. The normalized spacial score (nSPS) is 18.8. The Hall–Kier alpha value is -3.21. The lowest BCUT2D eigenvalue weighted by Gasteiger charge is -2.26. The molecule has 11 nitrogen and oxygen atoms in total. The number of nitrogens with zero attached hydrogens (tertiary/aromatic N) is 2. The van der Waals surface area contributed by atoms with Gasteiger partial charge in [0.05, 0.1) is 11.5 Å². The number of carbonyl (C=O) groups is 2. The highest BCUT2D eigenvalue weighted by molar-refractivity contribution is 8.02. The summed E-state index contributed by atoms with van der Waals surface area (Å²) in [5.74, 6) is -0.312. The molecule has 2 saturated heterocycles. The van der Waals surface area contributed by atoms with Gasteiger partial charge in [-0.25, -0.2) is 18.2 Å². The Morgan fingerprint density at radius 3 is 2.39 bits per heavy atom. The summed E-state index contributed by atoms with van der Waals surface area (Å²) in [4.78, 5) is 30.4. The Morgan fingerprint density at radius 2 is 1.76 bits per heavy atom. The predicted octanol–water partition coefficient (Wildman–Crippen LogP) is 5.74. The molecule has 3 fully saturated rings.